The first-order chi connectivity index (χ1) is 15.7. The first-order valence-corrected chi connectivity index (χ1v) is 12.9. The molecule has 0 saturated carbocycles. The van der Waals surface area contributed by atoms with Crippen LogP contribution in [-0.4, -0.2) is 46.6 Å². The number of rotatable bonds is 6. The average Bonchev–Trinajstić information content (AvgIpc) is 3.19. The van der Waals surface area contributed by atoms with E-state index in [2.05, 4.69) is 20.3 Å². The summed E-state index contributed by atoms with van der Waals surface area (Å²) in [7, 11) is -1.98. The van der Waals surface area contributed by atoms with E-state index in [4.69, 9.17) is 32.1 Å². The Bertz CT molecular complexity index is 1200. The van der Waals surface area contributed by atoms with Crippen molar-refractivity contribution in [1.82, 2.24) is 19.5 Å². The Kier molecular flexibility index (Phi) is 8.52. The standard InChI is InChI=1S/C20H23N5O4S.CH2Cl2/c1-13-11-25(12-22-13)16-8-7-15(9-18(16)28-2)23-20-21-10-14-5-4-6-17(19(14)24-20)29-30(3,26)27;2-1-3/h7-12,17H,4-6H2,1-3H3,(H,21,23,24);1H2. The molecule has 1 unspecified atom stereocenters. The van der Waals surface area contributed by atoms with Gasteiger partial charge in [-0.1, -0.05) is 0 Å². The number of nitrogens with one attached hydrogen (secondary N) is 1. The molecule has 0 radical (unpaired) electrons. The molecule has 1 aliphatic rings. The van der Waals surface area contributed by atoms with E-state index >= 15 is 0 Å². The first kappa shape index (κ1) is 25.2. The number of benzene rings is 1. The van der Waals surface area contributed by atoms with Crippen molar-refractivity contribution < 1.29 is 17.3 Å². The van der Waals surface area contributed by atoms with Crippen LogP contribution in [-0.2, 0) is 20.7 Å². The molecule has 4 rings (SSSR count). The van der Waals surface area contributed by atoms with Crippen LogP contribution in [0.1, 0.15) is 35.9 Å². The van der Waals surface area contributed by atoms with Crippen LogP contribution in [0.25, 0.3) is 5.69 Å². The SMILES string of the molecule is COc1cc(Nc2ncc3c(n2)C(OS(C)(=O)=O)CCC3)ccc1-n1cnc(C)c1.ClCCl. The van der Waals surface area contributed by atoms with Crippen LogP contribution in [0.5, 0.6) is 5.75 Å². The Morgan fingerprint density at radius 3 is 2.67 bits per heavy atom. The molecule has 178 valence electrons. The van der Waals surface area contributed by atoms with Gasteiger partial charge in [0.15, 0.2) is 0 Å². The Morgan fingerprint density at radius 2 is 2.03 bits per heavy atom. The molecule has 1 aromatic carbocycles. The van der Waals surface area contributed by atoms with Gasteiger partial charge in [0.2, 0.25) is 5.95 Å². The summed E-state index contributed by atoms with van der Waals surface area (Å²) in [5, 5.41) is 3.36. The van der Waals surface area contributed by atoms with Crippen LogP contribution in [0.2, 0.25) is 0 Å². The Labute approximate surface area is 203 Å². The molecular formula is C21H25Cl2N5O4S. The van der Waals surface area contributed by atoms with Crippen LogP contribution in [0.3, 0.4) is 0 Å². The molecular weight excluding hydrogens is 489 g/mol. The summed E-state index contributed by atoms with van der Waals surface area (Å²) >= 11 is 9.53. The van der Waals surface area contributed by atoms with Gasteiger partial charge in [-0.2, -0.15) is 8.42 Å². The van der Waals surface area contributed by atoms with E-state index in [1.807, 2.05) is 35.9 Å². The smallest absolute Gasteiger partial charge is 0.265 e. The van der Waals surface area contributed by atoms with Crippen molar-refractivity contribution in [3.05, 3.63) is 53.9 Å². The van der Waals surface area contributed by atoms with Gasteiger partial charge < -0.3 is 14.6 Å². The van der Waals surface area contributed by atoms with Crippen molar-refractivity contribution >= 4 is 45.0 Å². The maximum atomic E-state index is 11.6. The highest BCUT2D eigenvalue weighted by Crippen LogP contribution is 2.33. The van der Waals surface area contributed by atoms with Crippen molar-refractivity contribution in [2.24, 2.45) is 0 Å². The van der Waals surface area contributed by atoms with Gasteiger partial charge in [-0.3, -0.25) is 4.18 Å². The molecule has 0 amide bonds. The van der Waals surface area contributed by atoms with Gasteiger partial charge in [0.1, 0.15) is 11.9 Å². The summed E-state index contributed by atoms with van der Waals surface area (Å²) in [5.74, 6) is 1.03. The predicted octanol–water partition coefficient (Wildman–Crippen LogP) is 4.50. The molecule has 2 aromatic heterocycles. The molecule has 0 saturated heterocycles. The summed E-state index contributed by atoms with van der Waals surface area (Å²) < 4.78 is 35.9. The third kappa shape index (κ3) is 6.80. The molecule has 3 aromatic rings. The summed E-state index contributed by atoms with van der Waals surface area (Å²) in [6, 6.07) is 5.65. The molecule has 12 heteroatoms. The highest BCUT2D eigenvalue weighted by molar-refractivity contribution is 7.86. The lowest BCUT2D eigenvalue weighted by Crippen LogP contribution is -2.19. The quantitative estimate of drug-likeness (QED) is 0.379. The monoisotopic (exact) mass is 513 g/mol. The Balaban J connectivity index is 0.000000968. The molecule has 1 atom stereocenters. The fraction of sp³-hybridized carbons (Fsp3) is 0.381. The van der Waals surface area contributed by atoms with E-state index in [1.165, 1.54) is 0 Å². The minimum absolute atomic E-state index is 0.194. The van der Waals surface area contributed by atoms with Crippen molar-refractivity contribution in [3.8, 4) is 11.4 Å². The van der Waals surface area contributed by atoms with Gasteiger partial charge in [-0.15, -0.1) is 23.2 Å². The van der Waals surface area contributed by atoms with Crippen LogP contribution in [0.4, 0.5) is 11.6 Å². The second kappa shape index (κ2) is 11.1. The largest absolute Gasteiger partial charge is 0.494 e. The third-order valence-electron chi connectivity index (χ3n) is 4.83. The molecule has 1 aliphatic carbocycles. The number of alkyl halides is 2. The first-order valence-electron chi connectivity index (χ1n) is 10.1. The van der Waals surface area contributed by atoms with Crippen molar-refractivity contribution in [1.29, 1.82) is 0 Å². The molecule has 0 bridgehead atoms. The number of halogens is 2. The number of aryl methyl sites for hydroxylation is 2. The van der Waals surface area contributed by atoms with Crippen LogP contribution in [0, 0.1) is 6.92 Å². The Morgan fingerprint density at radius 1 is 1.27 bits per heavy atom. The van der Waals surface area contributed by atoms with E-state index in [0.717, 1.165) is 41.7 Å². The molecule has 0 aliphatic heterocycles. The van der Waals surface area contributed by atoms with E-state index in [-0.39, 0.29) is 5.34 Å². The highest BCUT2D eigenvalue weighted by atomic mass is 35.5. The summed E-state index contributed by atoms with van der Waals surface area (Å²) in [6.45, 7) is 1.92. The lowest BCUT2D eigenvalue weighted by molar-refractivity contribution is 0.188. The molecule has 9 nitrogen and oxygen atoms in total. The van der Waals surface area contributed by atoms with Crippen molar-refractivity contribution in [3.63, 3.8) is 0 Å². The highest BCUT2D eigenvalue weighted by Gasteiger charge is 2.26. The fourth-order valence-electron chi connectivity index (χ4n) is 3.52. The summed E-state index contributed by atoms with van der Waals surface area (Å²) in [5.41, 5.74) is 4.03. The number of imidazole rings is 1. The number of ether oxygens (including phenoxy) is 1. The molecule has 1 N–H and O–H groups in total. The lowest BCUT2D eigenvalue weighted by Gasteiger charge is -2.23. The number of anilines is 2. The second-order valence-corrected chi connectivity index (χ2v) is 9.73. The number of aromatic nitrogens is 4. The third-order valence-corrected chi connectivity index (χ3v) is 5.41. The van der Waals surface area contributed by atoms with Crippen LogP contribution >= 0.6 is 23.2 Å². The number of hydrogen-bond acceptors (Lipinski definition) is 8. The molecule has 0 fully saturated rings. The van der Waals surface area contributed by atoms with Gasteiger partial charge in [-0.25, -0.2) is 15.0 Å². The number of fused-ring (bicyclic) bond motifs is 1. The van der Waals surface area contributed by atoms with E-state index in [9.17, 15) is 8.42 Å². The number of nitrogens with zero attached hydrogens (tertiary/aromatic N) is 4. The molecule has 33 heavy (non-hydrogen) atoms. The van der Waals surface area contributed by atoms with Gasteiger partial charge in [0.05, 0.1) is 42.1 Å². The van der Waals surface area contributed by atoms with E-state index in [1.54, 1.807) is 19.6 Å². The second-order valence-electron chi connectivity index (χ2n) is 7.32. The topological polar surface area (TPSA) is 108 Å². The summed E-state index contributed by atoms with van der Waals surface area (Å²) in [4.78, 5) is 13.2. The van der Waals surface area contributed by atoms with E-state index < -0.39 is 16.2 Å². The maximum Gasteiger partial charge on any atom is 0.265 e. The zero-order valence-electron chi connectivity index (χ0n) is 18.5. The van der Waals surface area contributed by atoms with Gasteiger partial charge in [0.25, 0.3) is 10.1 Å². The minimum Gasteiger partial charge on any atom is -0.494 e. The molecule has 0 spiro atoms. The van der Waals surface area contributed by atoms with Crippen LogP contribution < -0.4 is 10.1 Å². The van der Waals surface area contributed by atoms with Crippen molar-refractivity contribution in [2.75, 3.05) is 24.0 Å². The zero-order chi connectivity index (χ0) is 24.0. The number of hydrogen-bond donors (Lipinski definition) is 1. The van der Waals surface area contributed by atoms with Gasteiger partial charge in [-0.05, 0) is 43.9 Å². The zero-order valence-corrected chi connectivity index (χ0v) is 20.8. The van der Waals surface area contributed by atoms with Crippen molar-refractivity contribution in [2.45, 2.75) is 32.3 Å². The van der Waals surface area contributed by atoms with Gasteiger partial charge >= 0.3 is 0 Å². The lowest BCUT2D eigenvalue weighted by atomic mass is 9.95. The fourth-order valence-corrected chi connectivity index (χ4v) is 4.13. The van der Waals surface area contributed by atoms with E-state index in [0.29, 0.717) is 23.8 Å². The summed E-state index contributed by atoms with van der Waals surface area (Å²) in [6.07, 6.45) is 8.06. The Hall–Kier alpha value is -2.40. The predicted molar refractivity (Wildman–Crippen MR) is 128 cm³/mol. The average molecular weight is 514 g/mol. The maximum absolute atomic E-state index is 11.6. The minimum atomic E-state index is -3.58. The molecule has 2 heterocycles. The van der Waals surface area contributed by atoms with Gasteiger partial charge in [0, 0.05) is 24.1 Å². The normalized spacial score (nSPS) is 15.2. The number of methoxy groups -OCH3 is 1. The van der Waals surface area contributed by atoms with Crippen LogP contribution in [0.15, 0.2) is 36.9 Å².